The molecule has 0 aromatic rings. The zero-order valence-corrected chi connectivity index (χ0v) is 12.4. The van der Waals surface area contributed by atoms with Gasteiger partial charge < -0.3 is 19.5 Å². The Morgan fingerprint density at radius 3 is 2.90 bits per heavy atom. The molecule has 2 rings (SSSR count). The second-order valence-electron chi connectivity index (χ2n) is 5.65. The van der Waals surface area contributed by atoms with Crippen LogP contribution in [-0.2, 0) is 19.0 Å². The average molecular weight is 285 g/mol. The van der Waals surface area contributed by atoms with Crippen LogP contribution in [0.4, 0.5) is 0 Å². The van der Waals surface area contributed by atoms with E-state index in [2.05, 4.69) is 5.32 Å². The first-order chi connectivity index (χ1) is 9.79. The van der Waals surface area contributed by atoms with E-state index in [9.17, 15) is 4.79 Å². The fraction of sp³-hybridized carbons (Fsp3) is 0.933. The summed E-state index contributed by atoms with van der Waals surface area (Å²) in [5, 5.41) is 3.06. The fourth-order valence-corrected chi connectivity index (χ4v) is 2.55. The Labute approximate surface area is 121 Å². The maximum absolute atomic E-state index is 11.8. The van der Waals surface area contributed by atoms with Gasteiger partial charge in [-0.1, -0.05) is 6.42 Å². The first-order valence-corrected chi connectivity index (χ1v) is 7.86. The molecular weight excluding hydrogens is 258 g/mol. The number of ether oxygens (including phenoxy) is 3. The summed E-state index contributed by atoms with van der Waals surface area (Å²) in [6.07, 6.45) is 5.13. The second kappa shape index (κ2) is 8.60. The predicted octanol–water partition coefficient (Wildman–Crippen LogP) is 1.50. The van der Waals surface area contributed by atoms with Gasteiger partial charge >= 0.3 is 0 Å². The lowest BCUT2D eigenvalue weighted by atomic mass is 9.86. The standard InChI is InChI=1S/C15H27NO4/c1-2-18-9-7-15(17)16-13-6-8-19-11-14(13)20-10-12-4-3-5-12/h12-14H,2-11H2,1H3,(H,16,17)/t13-,14-/m1/s1. The Kier molecular flexibility index (Phi) is 6.76. The van der Waals surface area contributed by atoms with E-state index >= 15 is 0 Å². The van der Waals surface area contributed by atoms with Crippen LogP contribution < -0.4 is 5.32 Å². The van der Waals surface area contributed by atoms with Crippen molar-refractivity contribution in [3.63, 3.8) is 0 Å². The monoisotopic (exact) mass is 285 g/mol. The molecule has 0 radical (unpaired) electrons. The van der Waals surface area contributed by atoms with Crippen LogP contribution in [0.1, 0.15) is 39.0 Å². The van der Waals surface area contributed by atoms with Crippen LogP contribution in [0, 0.1) is 5.92 Å². The van der Waals surface area contributed by atoms with Crippen molar-refractivity contribution in [3.8, 4) is 0 Å². The quantitative estimate of drug-likeness (QED) is 0.687. The lowest BCUT2D eigenvalue weighted by Crippen LogP contribution is -2.50. The van der Waals surface area contributed by atoms with Crippen molar-refractivity contribution in [1.29, 1.82) is 0 Å². The highest BCUT2D eigenvalue weighted by Gasteiger charge is 2.29. The number of hydrogen-bond acceptors (Lipinski definition) is 4. The molecular formula is C15H27NO4. The normalized spacial score (nSPS) is 27.1. The number of carbonyl (C=O) groups excluding carboxylic acids is 1. The molecule has 0 aromatic heterocycles. The summed E-state index contributed by atoms with van der Waals surface area (Å²) < 4.78 is 16.6. The van der Waals surface area contributed by atoms with Gasteiger partial charge in [-0.05, 0) is 32.1 Å². The van der Waals surface area contributed by atoms with Crippen LogP contribution in [0.25, 0.3) is 0 Å². The number of amides is 1. The molecule has 1 saturated carbocycles. The summed E-state index contributed by atoms with van der Waals surface area (Å²) in [5.74, 6) is 0.758. The number of nitrogens with one attached hydrogen (secondary N) is 1. The Balaban J connectivity index is 1.69. The van der Waals surface area contributed by atoms with E-state index in [1.165, 1.54) is 19.3 Å². The number of hydrogen-bond donors (Lipinski definition) is 1. The predicted molar refractivity (Wildman–Crippen MR) is 75.6 cm³/mol. The third-order valence-electron chi connectivity index (χ3n) is 4.10. The summed E-state index contributed by atoms with van der Waals surface area (Å²) in [7, 11) is 0. The molecule has 0 unspecified atom stereocenters. The van der Waals surface area contributed by atoms with E-state index < -0.39 is 0 Å². The van der Waals surface area contributed by atoms with Gasteiger partial charge in [0.15, 0.2) is 0 Å². The molecule has 1 aliphatic heterocycles. The van der Waals surface area contributed by atoms with E-state index in [4.69, 9.17) is 14.2 Å². The summed E-state index contributed by atoms with van der Waals surface area (Å²) in [4.78, 5) is 11.8. The van der Waals surface area contributed by atoms with Gasteiger partial charge in [0.2, 0.25) is 5.91 Å². The van der Waals surface area contributed by atoms with E-state index in [0.29, 0.717) is 38.8 Å². The SMILES string of the molecule is CCOCCC(=O)N[C@@H]1CCOC[C@H]1OCC1CCC1. The summed E-state index contributed by atoms with van der Waals surface area (Å²) in [5.41, 5.74) is 0. The number of rotatable bonds is 8. The highest BCUT2D eigenvalue weighted by atomic mass is 16.5. The van der Waals surface area contributed by atoms with Gasteiger partial charge in [0, 0.05) is 26.2 Å². The van der Waals surface area contributed by atoms with Gasteiger partial charge in [-0.25, -0.2) is 0 Å². The molecule has 2 aliphatic rings. The lowest BCUT2D eigenvalue weighted by molar-refractivity contribution is -0.128. The lowest BCUT2D eigenvalue weighted by Gasteiger charge is -2.34. The summed E-state index contributed by atoms with van der Waals surface area (Å²) >= 11 is 0. The zero-order valence-electron chi connectivity index (χ0n) is 12.4. The molecule has 1 amide bonds. The van der Waals surface area contributed by atoms with Crippen molar-refractivity contribution >= 4 is 5.91 Å². The number of carbonyl (C=O) groups is 1. The van der Waals surface area contributed by atoms with Gasteiger partial charge in [-0.3, -0.25) is 4.79 Å². The minimum absolute atomic E-state index is 0.000364. The zero-order chi connectivity index (χ0) is 14.2. The Morgan fingerprint density at radius 2 is 2.20 bits per heavy atom. The highest BCUT2D eigenvalue weighted by Crippen LogP contribution is 2.27. The average Bonchev–Trinajstić information content (AvgIpc) is 2.39. The Morgan fingerprint density at radius 1 is 1.35 bits per heavy atom. The molecule has 1 saturated heterocycles. The summed E-state index contributed by atoms with van der Waals surface area (Å²) in [6, 6.07) is 0.0814. The van der Waals surface area contributed by atoms with Crippen LogP contribution in [0.15, 0.2) is 0 Å². The molecule has 1 heterocycles. The first kappa shape index (κ1) is 15.7. The molecule has 116 valence electrons. The van der Waals surface area contributed by atoms with Gasteiger partial charge in [-0.15, -0.1) is 0 Å². The Bertz CT molecular complexity index is 294. The molecule has 1 aliphatic carbocycles. The van der Waals surface area contributed by atoms with Gasteiger partial charge in [-0.2, -0.15) is 0 Å². The van der Waals surface area contributed by atoms with E-state index in [1.54, 1.807) is 0 Å². The van der Waals surface area contributed by atoms with E-state index in [0.717, 1.165) is 13.0 Å². The van der Waals surface area contributed by atoms with Gasteiger partial charge in [0.1, 0.15) is 6.10 Å². The van der Waals surface area contributed by atoms with E-state index in [-0.39, 0.29) is 18.1 Å². The van der Waals surface area contributed by atoms with E-state index in [1.807, 2.05) is 6.92 Å². The summed E-state index contributed by atoms with van der Waals surface area (Å²) in [6.45, 7) is 5.15. The third kappa shape index (κ3) is 5.04. The minimum atomic E-state index is 0.000364. The van der Waals surface area contributed by atoms with Gasteiger partial charge in [0.25, 0.3) is 0 Å². The van der Waals surface area contributed by atoms with Crippen molar-refractivity contribution in [2.45, 2.75) is 51.2 Å². The van der Waals surface area contributed by atoms with Crippen molar-refractivity contribution in [2.75, 3.05) is 33.0 Å². The fourth-order valence-electron chi connectivity index (χ4n) is 2.55. The molecule has 0 aromatic carbocycles. The first-order valence-electron chi connectivity index (χ1n) is 7.86. The van der Waals surface area contributed by atoms with Crippen molar-refractivity contribution in [1.82, 2.24) is 5.32 Å². The molecule has 5 heteroatoms. The topological polar surface area (TPSA) is 56.8 Å². The van der Waals surface area contributed by atoms with Crippen LogP contribution in [0.3, 0.4) is 0 Å². The Hall–Kier alpha value is -0.650. The van der Waals surface area contributed by atoms with Gasteiger partial charge in [0.05, 0.1) is 19.3 Å². The minimum Gasteiger partial charge on any atom is -0.381 e. The molecule has 2 atom stereocenters. The molecule has 20 heavy (non-hydrogen) atoms. The second-order valence-corrected chi connectivity index (χ2v) is 5.65. The molecule has 0 bridgehead atoms. The highest BCUT2D eigenvalue weighted by molar-refractivity contribution is 5.76. The molecule has 0 spiro atoms. The third-order valence-corrected chi connectivity index (χ3v) is 4.10. The largest absolute Gasteiger partial charge is 0.381 e. The maximum atomic E-state index is 11.8. The molecule has 1 N–H and O–H groups in total. The van der Waals surface area contributed by atoms with Crippen molar-refractivity contribution in [3.05, 3.63) is 0 Å². The molecule has 5 nitrogen and oxygen atoms in total. The molecule has 2 fully saturated rings. The van der Waals surface area contributed by atoms with Crippen LogP contribution in [0.2, 0.25) is 0 Å². The maximum Gasteiger partial charge on any atom is 0.222 e. The van der Waals surface area contributed by atoms with Crippen LogP contribution in [-0.4, -0.2) is 51.1 Å². The van der Waals surface area contributed by atoms with Crippen molar-refractivity contribution in [2.24, 2.45) is 5.92 Å². The van der Waals surface area contributed by atoms with Crippen molar-refractivity contribution < 1.29 is 19.0 Å². The van der Waals surface area contributed by atoms with Crippen LogP contribution in [0.5, 0.6) is 0 Å². The van der Waals surface area contributed by atoms with Crippen LogP contribution >= 0.6 is 0 Å². The smallest absolute Gasteiger partial charge is 0.222 e.